The van der Waals surface area contributed by atoms with Gasteiger partial charge in [0.2, 0.25) is 0 Å². The summed E-state index contributed by atoms with van der Waals surface area (Å²) in [7, 11) is 2.19. The van der Waals surface area contributed by atoms with Crippen molar-refractivity contribution in [3.63, 3.8) is 0 Å². The lowest BCUT2D eigenvalue weighted by Crippen LogP contribution is -2.53. The van der Waals surface area contributed by atoms with E-state index < -0.39 is 0 Å². The second-order valence-electron chi connectivity index (χ2n) is 4.78. The molecule has 1 N–H and O–H groups in total. The van der Waals surface area contributed by atoms with Crippen molar-refractivity contribution < 1.29 is 0 Å². The lowest BCUT2D eigenvalue weighted by atomic mass is 10.1. The minimum atomic E-state index is 0.606. The third-order valence-electron chi connectivity index (χ3n) is 3.56. The van der Waals surface area contributed by atoms with Crippen molar-refractivity contribution in [2.24, 2.45) is 0 Å². The minimum Gasteiger partial charge on any atom is -0.346 e. The fourth-order valence-electron chi connectivity index (χ4n) is 2.30. The van der Waals surface area contributed by atoms with E-state index in [4.69, 9.17) is 12.2 Å². The number of hydrogen-bond donors (Lipinski definition) is 1. The Morgan fingerprint density at radius 3 is 2.72 bits per heavy atom. The van der Waals surface area contributed by atoms with Crippen LogP contribution in [0.4, 0.5) is 5.69 Å². The van der Waals surface area contributed by atoms with Gasteiger partial charge in [-0.3, -0.25) is 4.90 Å². The molecular weight excluding hydrogens is 242 g/mol. The summed E-state index contributed by atoms with van der Waals surface area (Å²) in [4.78, 5) is 4.69. The van der Waals surface area contributed by atoms with Gasteiger partial charge in [0.1, 0.15) is 0 Å². The van der Waals surface area contributed by atoms with Crippen molar-refractivity contribution in [2.45, 2.75) is 19.4 Å². The molecule has 1 aromatic rings. The Balaban J connectivity index is 1.93. The highest BCUT2D eigenvalue weighted by Gasteiger charge is 2.24. The first-order valence-electron chi connectivity index (χ1n) is 6.52. The third-order valence-corrected chi connectivity index (χ3v) is 3.92. The average Bonchev–Trinajstić information content (AvgIpc) is 2.40. The van der Waals surface area contributed by atoms with Crippen LogP contribution in [-0.2, 0) is 0 Å². The molecule has 1 atom stereocenters. The minimum absolute atomic E-state index is 0.606. The highest BCUT2D eigenvalue weighted by Crippen LogP contribution is 2.13. The predicted octanol–water partition coefficient (Wildman–Crippen LogP) is 2.41. The number of nitrogens with zero attached hydrogens (tertiary/aromatic N) is 2. The number of nitrogens with one attached hydrogen (secondary N) is 1. The van der Waals surface area contributed by atoms with Gasteiger partial charge < -0.3 is 10.2 Å². The molecule has 0 amide bonds. The van der Waals surface area contributed by atoms with E-state index in [1.807, 2.05) is 30.3 Å². The van der Waals surface area contributed by atoms with Crippen LogP contribution < -0.4 is 5.32 Å². The molecule has 1 heterocycles. The molecule has 1 unspecified atom stereocenters. The van der Waals surface area contributed by atoms with Gasteiger partial charge in [-0.05, 0) is 37.8 Å². The van der Waals surface area contributed by atoms with Gasteiger partial charge in [-0.25, -0.2) is 0 Å². The summed E-state index contributed by atoms with van der Waals surface area (Å²) in [5.74, 6) is 0. The monoisotopic (exact) mass is 263 g/mol. The highest BCUT2D eigenvalue weighted by atomic mass is 32.1. The molecule has 0 bridgehead atoms. The lowest BCUT2D eigenvalue weighted by molar-refractivity contribution is 0.139. The van der Waals surface area contributed by atoms with Gasteiger partial charge in [0.15, 0.2) is 5.11 Å². The quantitative estimate of drug-likeness (QED) is 0.826. The SMILES string of the molecule is CCC1CN(C(=S)Nc2ccccc2)CCN1C. The molecule has 0 saturated carbocycles. The molecule has 0 radical (unpaired) electrons. The van der Waals surface area contributed by atoms with Gasteiger partial charge in [-0.2, -0.15) is 0 Å². The maximum absolute atomic E-state index is 5.49. The molecule has 98 valence electrons. The van der Waals surface area contributed by atoms with Crippen LogP contribution in [0.3, 0.4) is 0 Å². The second-order valence-corrected chi connectivity index (χ2v) is 5.17. The van der Waals surface area contributed by atoms with Crippen LogP contribution in [0.15, 0.2) is 30.3 Å². The third kappa shape index (κ3) is 3.21. The van der Waals surface area contributed by atoms with Gasteiger partial charge in [-0.1, -0.05) is 25.1 Å². The van der Waals surface area contributed by atoms with Crippen molar-refractivity contribution >= 4 is 23.0 Å². The predicted molar refractivity (Wildman–Crippen MR) is 80.9 cm³/mol. The molecule has 1 aliphatic rings. The van der Waals surface area contributed by atoms with E-state index in [0.717, 1.165) is 30.4 Å². The van der Waals surface area contributed by atoms with Crippen LogP contribution in [0, 0.1) is 0 Å². The number of rotatable bonds is 2. The molecule has 3 nitrogen and oxygen atoms in total. The van der Waals surface area contributed by atoms with E-state index in [-0.39, 0.29) is 0 Å². The van der Waals surface area contributed by atoms with Crippen LogP contribution >= 0.6 is 12.2 Å². The largest absolute Gasteiger partial charge is 0.346 e. The topological polar surface area (TPSA) is 18.5 Å². The second kappa shape index (κ2) is 6.16. The summed E-state index contributed by atoms with van der Waals surface area (Å²) < 4.78 is 0. The van der Waals surface area contributed by atoms with Gasteiger partial charge >= 0.3 is 0 Å². The molecule has 0 spiro atoms. The van der Waals surface area contributed by atoms with Crippen molar-refractivity contribution in [3.05, 3.63) is 30.3 Å². The fraction of sp³-hybridized carbons (Fsp3) is 0.500. The highest BCUT2D eigenvalue weighted by molar-refractivity contribution is 7.80. The van der Waals surface area contributed by atoms with Crippen LogP contribution in [0.1, 0.15) is 13.3 Å². The number of para-hydroxylation sites is 1. The summed E-state index contributed by atoms with van der Waals surface area (Å²) in [6, 6.07) is 10.7. The first kappa shape index (κ1) is 13.3. The number of thiocarbonyl (C=S) groups is 1. The van der Waals surface area contributed by atoms with Gasteiger partial charge in [-0.15, -0.1) is 0 Å². The summed E-state index contributed by atoms with van der Waals surface area (Å²) in [6.45, 7) is 5.34. The maximum Gasteiger partial charge on any atom is 0.173 e. The zero-order chi connectivity index (χ0) is 13.0. The Morgan fingerprint density at radius 2 is 2.06 bits per heavy atom. The molecule has 0 aromatic heterocycles. The molecule has 2 rings (SSSR count). The normalized spacial score (nSPS) is 20.8. The van der Waals surface area contributed by atoms with Crippen molar-refractivity contribution in [3.8, 4) is 0 Å². The van der Waals surface area contributed by atoms with E-state index in [0.29, 0.717) is 6.04 Å². The molecule has 4 heteroatoms. The number of anilines is 1. The Bertz CT molecular complexity index is 393. The van der Waals surface area contributed by atoms with Gasteiger partial charge in [0.05, 0.1) is 0 Å². The first-order valence-corrected chi connectivity index (χ1v) is 6.92. The number of likely N-dealkylation sites (N-methyl/N-ethyl adjacent to an activating group) is 1. The van der Waals surface area contributed by atoms with Crippen molar-refractivity contribution in [2.75, 3.05) is 32.0 Å². The molecular formula is C14H21N3S. The first-order chi connectivity index (χ1) is 8.70. The Hall–Kier alpha value is -1.13. The lowest BCUT2D eigenvalue weighted by Gasteiger charge is -2.40. The molecule has 18 heavy (non-hydrogen) atoms. The summed E-state index contributed by atoms with van der Waals surface area (Å²) in [5, 5.41) is 4.15. The van der Waals surface area contributed by atoms with Crippen LogP contribution in [0.25, 0.3) is 0 Å². The number of piperazine rings is 1. The van der Waals surface area contributed by atoms with E-state index in [9.17, 15) is 0 Å². The fourth-order valence-corrected chi connectivity index (χ4v) is 2.58. The smallest absolute Gasteiger partial charge is 0.173 e. The molecule has 1 aromatic carbocycles. The number of benzene rings is 1. The number of hydrogen-bond acceptors (Lipinski definition) is 2. The Labute approximate surface area is 115 Å². The van der Waals surface area contributed by atoms with E-state index in [2.05, 4.69) is 29.1 Å². The van der Waals surface area contributed by atoms with Gasteiger partial charge in [0.25, 0.3) is 0 Å². The van der Waals surface area contributed by atoms with E-state index >= 15 is 0 Å². The zero-order valence-corrected chi connectivity index (χ0v) is 11.9. The molecule has 0 aliphatic carbocycles. The van der Waals surface area contributed by atoms with Gasteiger partial charge in [0, 0.05) is 31.4 Å². The standard InChI is InChI=1S/C14H21N3S/c1-3-13-11-17(10-9-16(13)2)14(18)15-12-7-5-4-6-8-12/h4-8,13H,3,9-11H2,1-2H3,(H,15,18). The summed E-state index contributed by atoms with van der Waals surface area (Å²) >= 11 is 5.49. The summed E-state index contributed by atoms with van der Waals surface area (Å²) in [5.41, 5.74) is 1.06. The van der Waals surface area contributed by atoms with E-state index in [1.165, 1.54) is 6.42 Å². The van der Waals surface area contributed by atoms with Crippen molar-refractivity contribution in [1.82, 2.24) is 9.80 Å². The molecule has 1 fully saturated rings. The summed E-state index contributed by atoms with van der Waals surface area (Å²) in [6.07, 6.45) is 1.17. The average molecular weight is 263 g/mol. The Kier molecular flexibility index (Phi) is 4.55. The van der Waals surface area contributed by atoms with Crippen LogP contribution in [0.2, 0.25) is 0 Å². The van der Waals surface area contributed by atoms with Crippen LogP contribution in [0.5, 0.6) is 0 Å². The molecule has 1 saturated heterocycles. The maximum atomic E-state index is 5.49. The zero-order valence-electron chi connectivity index (χ0n) is 11.1. The van der Waals surface area contributed by atoms with Crippen LogP contribution in [-0.4, -0.2) is 47.6 Å². The van der Waals surface area contributed by atoms with E-state index in [1.54, 1.807) is 0 Å². The molecule has 1 aliphatic heterocycles. The van der Waals surface area contributed by atoms with Crippen molar-refractivity contribution in [1.29, 1.82) is 0 Å². The Morgan fingerprint density at radius 1 is 1.33 bits per heavy atom.